The van der Waals surface area contributed by atoms with Crippen molar-refractivity contribution in [1.82, 2.24) is 14.5 Å². The fourth-order valence-corrected chi connectivity index (χ4v) is 4.73. The van der Waals surface area contributed by atoms with Gasteiger partial charge in [0.1, 0.15) is 5.82 Å². The molecule has 3 aromatic carbocycles. The van der Waals surface area contributed by atoms with Gasteiger partial charge in [-0.25, -0.2) is 4.98 Å². The number of fused-ring (bicyclic) bond motifs is 2. The number of carbonyl (C=O) groups is 2. The van der Waals surface area contributed by atoms with E-state index < -0.39 is 17.9 Å². The van der Waals surface area contributed by atoms with Crippen LogP contribution in [0, 0.1) is 0 Å². The van der Waals surface area contributed by atoms with E-state index in [1.54, 1.807) is 60.7 Å². The van der Waals surface area contributed by atoms with Crippen LogP contribution >= 0.6 is 23.2 Å². The molecular formula is C25H17Cl2N3O3. The first-order valence-corrected chi connectivity index (χ1v) is 11.1. The Morgan fingerprint density at radius 3 is 2.15 bits per heavy atom. The van der Waals surface area contributed by atoms with Crippen LogP contribution in [-0.2, 0) is 0 Å². The van der Waals surface area contributed by atoms with Crippen molar-refractivity contribution in [1.29, 1.82) is 0 Å². The lowest BCUT2D eigenvalue weighted by Gasteiger charge is -2.27. The van der Waals surface area contributed by atoms with Crippen molar-refractivity contribution in [3.05, 3.63) is 104 Å². The topological polar surface area (TPSA) is 72.3 Å². The Balaban J connectivity index is 1.79. The molecule has 1 atom stereocenters. The number of amides is 2. The maximum atomic E-state index is 13.6. The van der Waals surface area contributed by atoms with Gasteiger partial charge in [0.15, 0.2) is 0 Å². The number of halogens is 2. The fraction of sp³-hybridized carbons (Fsp3) is 0.120. The number of carbonyl (C=O) groups excluding carboxylic acids is 2. The minimum Gasteiger partial charge on any atom is -0.269 e. The van der Waals surface area contributed by atoms with E-state index in [1.165, 1.54) is 15.5 Å². The summed E-state index contributed by atoms with van der Waals surface area (Å²) in [5.74, 6) is -0.586. The van der Waals surface area contributed by atoms with Crippen molar-refractivity contribution in [2.75, 3.05) is 0 Å². The van der Waals surface area contributed by atoms with Gasteiger partial charge in [0.05, 0.1) is 38.8 Å². The number of imide groups is 1. The molecule has 4 aromatic rings. The van der Waals surface area contributed by atoms with Crippen LogP contribution in [0.5, 0.6) is 0 Å². The zero-order chi connectivity index (χ0) is 23.3. The van der Waals surface area contributed by atoms with Crippen LogP contribution in [-0.4, -0.2) is 26.3 Å². The minimum atomic E-state index is -0.790. The lowest BCUT2D eigenvalue weighted by atomic mass is 10.1. The van der Waals surface area contributed by atoms with Crippen molar-refractivity contribution >= 4 is 45.9 Å². The normalized spacial score (nSPS) is 14.1. The lowest BCUT2D eigenvalue weighted by molar-refractivity contribution is 0.0568. The quantitative estimate of drug-likeness (QED) is 0.366. The molecule has 8 heteroatoms. The molecule has 1 aliphatic rings. The van der Waals surface area contributed by atoms with Gasteiger partial charge in [-0.1, -0.05) is 54.4 Å². The molecule has 0 saturated carbocycles. The molecule has 6 nitrogen and oxygen atoms in total. The molecule has 0 bridgehead atoms. The Hall–Kier alpha value is -3.48. The second kappa shape index (κ2) is 8.14. The molecule has 2 amide bonds. The highest BCUT2D eigenvalue weighted by molar-refractivity contribution is 6.35. The number of nitrogens with zero attached hydrogens (tertiary/aromatic N) is 3. The maximum Gasteiger partial charge on any atom is 0.266 e. The first-order chi connectivity index (χ1) is 15.9. The van der Waals surface area contributed by atoms with Gasteiger partial charge in [-0.05, 0) is 48.9 Å². The van der Waals surface area contributed by atoms with Crippen LogP contribution in [0.15, 0.2) is 71.5 Å². The summed E-state index contributed by atoms with van der Waals surface area (Å²) in [7, 11) is 0. The standard InChI is InChI=1S/C25H17Cl2N3O3/c1-2-20(30-23(31)15-7-3-4-8-16(15)24(30)32)22-28-19-10-6-5-9-17(19)25(33)29(22)21-12-11-14(26)13-18(21)27/h3-13,20H,2H2,1H3/t20-/m1/s1. The van der Waals surface area contributed by atoms with Crippen LogP contribution in [0.2, 0.25) is 10.0 Å². The highest BCUT2D eigenvalue weighted by atomic mass is 35.5. The van der Waals surface area contributed by atoms with Crippen molar-refractivity contribution in [3.63, 3.8) is 0 Å². The summed E-state index contributed by atoms with van der Waals surface area (Å²) in [6.07, 6.45) is 0.349. The predicted molar refractivity (Wildman–Crippen MR) is 127 cm³/mol. The van der Waals surface area contributed by atoms with E-state index in [4.69, 9.17) is 28.2 Å². The number of para-hydroxylation sites is 1. The first kappa shape index (κ1) is 21.4. The van der Waals surface area contributed by atoms with Gasteiger partial charge in [0.2, 0.25) is 0 Å². The van der Waals surface area contributed by atoms with Crippen molar-refractivity contribution < 1.29 is 9.59 Å². The molecule has 33 heavy (non-hydrogen) atoms. The molecule has 164 valence electrons. The summed E-state index contributed by atoms with van der Waals surface area (Å²) in [4.78, 5) is 46.0. The second-order valence-corrected chi connectivity index (χ2v) is 8.52. The van der Waals surface area contributed by atoms with E-state index in [-0.39, 0.29) is 16.4 Å². The highest BCUT2D eigenvalue weighted by Gasteiger charge is 2.41. The largest absolute Gasteiger partial charge is 0.269 e. The summed E-state index contributed by atoms with van der Waals surface area (Å²) in [6.45, 7) is 1.84. The van der Waals surface area contributed by atoms with Crippen LogP contribution in [0.25, 0.3) is 16.6 Å². The number of hydrogen-bond donors (Lipinski definition) is 0. The minimum absolute atomic E-state index is 0.250. The molecule has 2 heterocycles. The Morgan fingerprint density at radius 1 is 0.879 bits per heavy atom. The van der Waals surface area contributed by atoms with Gasteiger partial charge >= 0.3 is 0 Å². The summed E-state index contributed by atoms with van der Waals surface area (Å²) >= 11 is 12.6. The average Bonchev–Trinajstić information content (AvgIpc) is 3.06. The Kier molecular flexibility index (Phi) is 5.27. The summed E-state index contributed by atoms with van der Waals surface area (Å²) < 4.78 is 1.37. The molecule has 1 aromatic heterocycles. The zero-order valence-electron chi connectivity index (χ0n) is 17.5. The van der Waals surface area contributed by atoms with E-state index in [0.717, 1.165) is 0 Å². The van der Waals surface area contributed by atoms with Gasteiger partial charge in [0, 0.05) is 5.02 Å². The Morgan fingerprint density at radius 2 is 1.52 bits per heavy atom. The SMILES string of the molecule is CC[C@H](c1nc2ccccc2c(=O)n1-c1ccc(Cl)cc1Cl)N1C(=O)c2ccccc2C1=O. The van der Waals surface area contributed by atoms with Crippen LogP contribution in [0.1, 0.15) is 45.9 Å². The van der Waals surface area contributed by atoms with Crippen molar-refractivity contribution in [3.8, 4) is 5.69 Å². The van der Waals surface area contributed by atoms with Crippen LogP contribution in [0.3, 0.4) is 0 Å². The molecule has 0 unspecified atom stereocenters. The number of hydrogen-bond acceptors (Lipinski definition) is 4. The molecule has 0 radical (unpaired) electrons. The molecular weight excluding hydrogens is 461 g/mol. The average molecular weight is 478 g/mol. The molecule has 0 fully saturated rings. The van der Waals surface area contributed by atoms with Crippen LogP contribution in [0.4, 0.5) is 0 Å². The molecule has 1 aliphatic heterocycles. The van der Waals surface area contributed by atoms with E-state index >= 15 is 0 Å². The zero-order valence-corrected chi connectivity index (χ0v) is 19.0. The van der Waals surface area contributed by atoms with Gasteiger partial charge in [-0.15, -0.1) is 0 Å². The number of benzene rings is 3. The van der Waals surface area contributed by atoms with E-state index in [0.29, 0.717) is 39.2 Å². The van der Waals surface area contributed by atoms with E-state index in [2.05, 4.69) is 0 Å². The summed E-state index contributed by atoms with van der Waals surface area (Å²) in [5.41, 5.74) is 1.15. The predicted octanol–water partition coefficient (Wildman–Crippen LogP) is 5.44. The smallest absolute Gasteiger partial charge is 0.266 e. The third-order valence-electron chi connectivity index (χ3n) is 5.77. The molecule has 0 spiro atoms. The second-order valence-electron chi connectivity index (χ2n) is 7.67. The third-order valence-corrected chi connectivity index (χ3v) is 6.31. The summed E-state index contributed by atoms with van der Waals surface area (Å²) in [5, 5.41) is 1.06. The third kappa shape index (κ3) is 3.34. The fourth-order valence-electron chi connectivity index (χ4n) is 4.24. The lowest BCUT2D eigenvalue weighted by Crippen LogP contribution is -2.38. The van der Waals surface area contributed by atoms with Crippen molar-refractivity contribution in [2.45, 2.75) is 19.4 Å². The maximum absolute atomic E-state index is 13.6. The van der Waals surface area contributed by atoms with Crippen LogP contribution < -0.4 is 5.56 Å². The van der Waals surface area contributed by atoms with Gasteiger partial charge in [-0.3, -0.25) is 23.9 Å². The van der Waals surface area contributed by atoms with Crippen molar-refractivity contribution in [2.24, 2.45) is 0 Å². The molecule has 0 saturated heterocycles. The van der Waals surface area contributed by atoms with Gasteiger partial charge < -0.3 is 0 Å². The van der Waals surface area contributed by atoms with E-state index in [1.807, 2.05) is 6.92 Å². The summed E-state index contributed by atoms with van der Waals surface area (Å²) in [6, 6.07) is 17.6. The highest BCUT2D eigenvalue weighted by Crippen LogP contribution is 2.34. The molecule has 0 aliphatic carbocycles. The first-order valence-electron chi connectivity index (χ1n) is 10.4. The van der Waals surface area contributed by atoms with Gasteiger partial charge in [0.25, 0.3) is 17.4 Å². The number of aromatic nitrogens is 2. The Bertz CT molecular complexity index is 1480. The van der Waals surface area contributed by atoms with E-state index in [9.17, 15) is 14.4 Å². The number of rotatable bonds is 4. The Labute approximate surface area is 199 Å². The monoisotopic (exact) mass is 477 g/mol. The molecule has 0 N–H and O–H groups in total. The molecule has 5 rings (SSSR count). The van der Waals surface area contributed by atoms with Gasteiger partial charge in [-0.2, -0.15) is 0 Å².